The first-order valence-corrected chi connectivity index (χ1v) is 7.32. The quantitative estimate of drug-likeness (QED) is 0.874. The van der Waals surface area contributed by atoms with E-state index in [4.69, 9.17) is 4.74 Å². The number of pyridine rings is 1. The summed E-state index contributed by atoms with van der Waals surface area (Å²) in [5.74, 6) is 0.346. The van der Waals surface area contributed by atoms with Crippen molar-refractivity contribution in [3.05, 3.63) is 65.9 Å². The van der Waals surface area contributed by atoms with Crippen LogP contribution in [-0.4, -0.2) is 36.0 Å². The van der Waals surface area contributed by atoms with Crippen LogP contribution >= 0.6 is 0 Å². The van der Waals surface area contributed by atoms with Gasteiger partial charge < -0.3 is 9.64 Å². The second-order valence-corrected chi connectivity index (χ2v) is 5.16. The van der Waals surface area contributed by atoms with E-state index in [1.54, 1.807) is 18.3 Å². The summed E-state index contributed by atoms with van der Waals surface area (Å²) in [5, 5.41) is 0. The summed E-state index contributed by atoms with van der Waals surface area (Å²) in [6, 6.07) is 13.8. The van der Waals surface area contributed by atoms with E-state index in [1.807, 2.05) is 23.1 Å². The van der Waals surface area contributed by atoms with E-state index in [9.17, 15) is 4.79 Å². The van der Waals surface area contributed by atoms with Gasteiger partial charge in [0, 0.05) is 19.3 Å². The van der Waals surface area contributed by atoms with E-state index in [1.165, 1.54) is 18.2 Å². The lowest BCUT2D eigenvalue weighted by Crippen LogP contribution is -2.35. The molecule has 1 aliphatic heterocycles. The maximum atomic E-state index is 12.6. The minimum Gasteiger partial charge on any atom is -0.480 e. The third kappa shape index (κ3) is 2.86. The molecule has 0 spiro atoms. The van der Waals surface area contributed by atoms with Crippen molar-refractivity contribution in [2.75, 3.05) is 20.2 Å². The number of benzene rings is 1. The molecule has 0 radical (unpaired) electrons. The molecule has 0 unspecified atom stereocenters. The number of methoxy groups -OCH3 is 1. The van der Waals surface area contributed by atoms with Crippen molar-refractivity contribution < 1.29 is 9.53 Å². The van der Waals surface area contributed by atoms with Crippen LogP contribution < -0.4 is 4.74 Å². The molecule has 0 bridgehead atoms. The Kier molecular flexibility index (Phi) is 4.19. The van der Waals surface area contributed by atoms with E-state index in [0.29, 0.717) is 24.5 Å². The second kappa shape index (κ2) is 6.43. The molecule has 1 aliphatic rings. The van der Waals surface area contributed by atoms with Crippen molar-refractivity contribution in [1.29, 1.82) is 0 Å². The molecule has 4 heteroatoms. The highest BCUT2D eigenvalue weighted by Gasteiger charge is 2.22. The van der Waals surface area contributed by atoms with Crippen molar-refractivity contribution in [1.82, 2.24) is 9.88 Å². The van der Waals surface area contributed by atoms with Crippen molar-refractivity contribution in [2.45, 2.75) is 6.42 Å². The maximum Gasteiger partial charge on any atom is 0.259 e. The lowest BCUT2D eigenvalue weighted by Gasteiger charge is -2.27. The van der Waals surface area contributed by atoms with Crippen molar-refractivity contribution in [3.8, 4) is 5.88 Å². The minimum absolute atomic E-state index is 0.0340. The molecule has 3 rings (SSSR count). The Morgan fingerprint density at radius 2 is 2.00 bits per heavy atom. The predicted molar refractivity (Wildman–Crippen MR) is 85.7 cm³/mol. The third-order valence-corrected chi connectivity index (χ3v) is 3.84. The first kappa shape index (κ1) is 14.3. The Labute approximate surface area is 130 Å². The molecule has 1 aromatic carbocycles. The van der Waals surface area contributed by atoms with Crippen LogP contribution in [0.25, 0.3) is 5.57 Å². The number of hydrogen-bond donors (Lipinski definition) is 0. The van der Waals surface area contributed by atoms with Crippen molar-refractivity contribution >= 4 is 11.5 Å². The molecular weight excluding hydrogens is 276 g/mol. The standard InChI is InChI=1S/C18H18N2O2/c1-22-17-16(8-5-11-19-17)18(21)20-12-9-15(10-13-20)14-6-3-2-4-7-14/h2-9,11H,10,12-13H2,1H3. The predicted octanol–water partition coefficient (Wildman–Crippen LogP) is 3.02. The number of carbonyl (C=O) groups is 1. The molecule has 0 saturated carbocycles. The number of carbonyl (C=O) groups excluding carboxylic acids is 1. The zero-order valence-electron chi connectivity index (χ0n) is 12.5. The van der Waals surface area contributed by atoms with Gasteiger partial charge in [-0.2, -0.15) is 0 Å². The smallest absolute Gasteiger partial charge is 0.259 e. The van der Waals surface area contributed by atoms with E-state index in [2.05, 4.69) is 23.2 Å². The summed E-state index contributed by atoms with van der Waals surface area (Å²) in [5.41, 5.74) is 3.04. The fourth-order valence-electron chi connectivity index (χ4n) is 2.65. The highest BCUT2D eigenvalue weighted by molar-refractivity contribution is 5.96. The van der Waals surface area contributed by atoms with Gasteiger partial charge >= 0.3 is 0 Å². The number of ether oxygens (including phenoxy) is 1. The fourth-order valence-corrected chi connectivity index (χ4v) is 2.65. The maximum absolute atomic E-state index is 12.6. The van der Waals surface area contributed by atoms with E-state index in [0.717, 1.165) is 6.42 Å². The number of amides is 1. The zero-order valence-corrected chi connectivity index (χ0v) is 12.5. The first-order valence-electron chi connectivity index (χ1n) is 7.32. The fraction of sp³-hybridized carbons (Fsp3) is 0.222. The first-order chi connectivity index (χ1) is 10.8. The van der Waals surface area contributed by atoms with Crippen LogP contribution in [0.3, 0.4) is 0 Å². The summed E-state index contributed by atoms with van der Waals surface area (Å²) in [7, 11) is 1.53. The summed E-state index contributed by atoms with van der Waals surface area (Å²) < 4.78 is 5.17. The van der Waals surface area contributed by atoms with E-state index in [-0.39, 0.29) is 5.91 Å². The van der Waals surface area contributed by atoms with Gasteiger partial charge in [-0.3, -0.25) is 4.79 Å². The molecule has 0 aliphatic carbocycles. The lowest BCUT2D eigenvalue weighted by atomic mass is 9.99. The van der Waals surface area contributed by atoms with Gasteiger partial charge in [-0.15, -0.1) is 0 Å². The molecule has 22 heavy (non-hydrogen) atoms. The molecule has 0 N–H and O–H groups in total. The van der Waals surface area contributed by atoms with Gasteiger partial charge in [-0.25, -0.2) is 4.98 Å². The Bertz CT molecular complexity index is 695. The molecule has 0 saturated heterocycles. The van der Waals surface area contributed by atoms with Crippen LogP contribution in [0.1, 0.15) is 22.3 Å². The van der Waals surface area contributed by atoms with Crippen molar-refractivity contribution in [3.63, 3.8) is 0 Å². The molecular formula is C18H18N2O2. The van der Waals surface area contributed by atoms with Crippen LogP contribution in [0.4, 0.5) is 0 Å². The Balaban J connectivity index is 1.76. The number of hydrogen-bond acceptors (Lipinski definition) is 3. The SMILES string of the molecule is COc1ncccc1C(=O)N1CC=C(c2ccccc2)CC1. The average molecular weight is 294 g/mol. The highest BCUT2D eigenvalue weighted by atomic mass is 16.5. The topological polar surface area (TPSA) is 42.4 Å². The summed E-state index contributed by atoms with van der Waals surface area (Å²) >= 11 is 0. The molecule has 4 nitrogen and oxygen atoms in total. The van der Waals surface area contributed by atoms with Crippen LogP contribution in [-0.2, 0) is 0 Å². The molecule has 1 amide bonds. The number of rotatable bonds is 3. The Morgan fingerprint density at radius 1 is 1.18 bits per heavy atom. The van der Waals surface area contributed by atoms with Gasteiger partial charge in [0.15, 0.2) is 0 Å². The number of aromatic nitrogens is 1. The van der Waals surface area contributed by atoms with Gasteiger partial charge in [0.25, 0.3) is 5.91 Å². The zero-order chi connectivity index (χ0) is 15.4. The average Bonchev–Trinajstić information content (AvgIpc) is 2.62. The molecule has 2 heterocycles. The van der Waals surface area contributed by atoms with E-state index >= 15 is 0 Å². The molecule has 2 aromatic rings. The molecule has 0 atom stereocenters. The summed E-state index contributed by atoms with van der Waals surface area (Å²) in [6.07, 6.45) is 4.61. The second-order valence-electron chi connectivity index (χ2n) is 5.16. The van der Waals surface area contributed by atoms with Gasteiger partial charge in [0.05, 0.1) is 7.11 Å². The molecule has 112 valence electrons. The van der Waals surface area contributed by atoms with Gasteiger partial charge in [-0.1, -0.05) is 36.4 Å². The third-order valence-electron chi connectivity index (χ3n) is 3.84. The molecule has 0 fully saturated rings. The van der Waals surface area contributed by atoms with Crippen LogP contribution in [0.2, 0.25) is 0 Å². The highest BCUT2D eigenvalue weighted by Crippen LogP contribution is 2.24. The minimum atomic E-state index is -0.0340. The van der Waals surface area contributed by atoms with Gasteiger partial charge in [0.1, 0.15) is 5.56 Å². The van der Waals surface area contributed by atoms with Gasteiger partial charge in [0.2, 0.25) is 5.88 Å². The largest absolute Gasteiger partial charge is 0.480 e. The van der Waals surface area contributed by atoms with E-state index < -0.39 is 0 Å². The Hall–Kier alpha value is -2.62. The monoisotopic (exact) mass is 294 g/mol. The molecule has 1 aromatic heterocycles. The van der Waals surface area contributed by atoms with Crippen LogP contribution in [0.15, 0.2) is 54.7 Å². The van der Waals surface area contributed by atoms with Crippen LogP contribution in [0, 0.1) is 0 Å². The number of nitrogens with zero attached hydrogens (tertiary/aromatic N) is 2. The Morgan fingerprint density at radius 3 is 2.68 bits per heavy atom. The van der Waals surface area contributed by atoms with Crippen molar-refractivity contribution in [2.24, 2.45) is 0 Å². The van der Waals surface area contributed by atoms with Gasteiger partial charge in [-0.05, 0) is 29.7 Å². The van der Waals surface area contributed by atoms with Crippen LogP contribution in [0.5, 0.6) is 5.88 Å². The normalized spacial score (nSPS) is 14.4. The summed E-state index contributed by atoms with van der Waals surface area (Å²) in [4.78, 5) is 18.5. The lowest BCUT2D eigenvalue weighted by molar-refractivity contribution is 0.0768. The summed E-state index contributed by atoms with van der Waals surface area (Å²) in [6.45, 7) is 1.32.